The van der Waals surface area contributed by atoms with Gasteiger partial charge in [0.25, 0.3) is 0 Å². The SMILES string of the molecule is Cc1nc(Cl)c(NCC2(CO)CCCCC2)nc1C. The van der Waals surface area contributed by atoms with Gasteiger partial charge in [-0.1, -0.05) is 30.9 Å². The Labute approximate surface area is 119 Å². The van der Waals surface area contributed by atoms with E-state index < -0.39 is 0 Å². The third-order valence-corrected chi connectivity index (χ3v) is 4.41. The molecule has 0 spiro atoms. The second kappa shape index (κ2) is 6.06. The second-order valence-corrected chi connectivity index (χ2v) is 5.96. The smallest absolute Gasteiger partial charge is 0.171 e. The van der Waals surface area contributed by atoms with Crippen LogP contribution in [0.1, 0.15) is 43.5 Å². The van der Waals surface area contributed by atoms with Crippen molar-refractivity contribution in [2.45, 2.75) is 46.0 Å². The van der Waals surface area contributed by atoms with Crippen LogP contribution in [0.5, 0.6) is 0 Å². The van der Waals surface area contributed by atoms with Crippen molar-refractivity contribution in [1.29, 1.82) is 0 Å². The minimum atomic E-state index is -0.0257. The van der Waals surface area contributed by atoms with Crippen LogP contribution in [0.25, 0.3) is 0 Å². The van der Waals surface area contributed by atoms with Crippen LogP contribution in [0.15, 0.2) is 0 Å². The highest BCUT2D eigenvalue weighted by Gasteiger charge is 2.31. The van der Waals surface area contributed by atoms with Gasteiger partial charge in [-0.25, -0.2) is 9.97 Å². The number of aromatic nitrogens is 2. The molecular weight excluding hydrogens is 262 g/mol. The molecule has 1 fully saturated rings. The van der Waals surface area contributed by atoms with Crippen LogP contribution >= 0.6 is 11.6 Å². The molecule has 0 bridgehead atoms. The maximum absolute atomic E-state index is 9.68. The molecule has 1 aliphatic carbocycles. The van der Waals surface area contributed by atoms with Crippen molar-refractivity contribution in [2.75, 3.05) is 18.5 Å². The third kappa shape index (κ3) is 3.37. The Balaban J connectivity index is 2.07. The first kappa shape index (κ1) is 14.5. The van der Waals surface area contributed by atoms with Crippen LogP contribution in [0.2, 0.25) is 5.15 Å². The largest absolute Gasteiger partial charge is 0.396 e. The number of hydrogen-bond acceptors (Lipinski definition) is 4. The second-order valence-electron chi connectivity index (χ2n) is 5.61. The minimum Gasteiger partial charge on any atom is -0.396 e. The Hall–Kier alpha value is -0.870. The summed E-state index contributed by atoms with van der Waals surface area (Å²) in [5.41, 5.74) is 1.71. The topological polar surface area (TPSA) is 58.0 Å². The average Bonchev–Trinajstić information content (AvgIpc) is 2.42. The van der Waals surface area contributed by atoms with Gasteiger partial charge in [-0.3, -0.25) is 0 Å². The molecule has 5 heteroatoms. The lowest BCUT2D eigenvalue weighted by atomic mass is 9.74. The third-order valence-electron chi connectivity index (χ3n) is 4.14. The summed E-state index contributed by atoms with van der Waals surface area (Å²) >= 11 is 6.11. The first-order chi connectivity index (χ1) is 9.06. The van der Waals surface area contributed by atoms with E-state index in [0.717, 1.165) is 24.2 Å². The summed E-state index contributed by atoms with van der Waals surface area (Å²) in [5.74, 6) is 0.628. The highest BCUT2D eigenvalue weighted by Crippen LogP contribution is 2.36. The molecule has 4 nitrogen and oxygen atoms in total. The van der Waals surface area contributed by atoms with Gasteiger partial charge in [0.1, 0.15) is 0 Å². The predicted molar refractivity (Wildman–Crippen MR) is 77.6 cm³/mol. The van der Waals surface area contributed by atoms with E-state index in [0.29, 0.717) is 17.5 Å². The molecule has 1 aliphatic rings. The van der Waals surface area contributed by atoms with E-state index in [4.69, 9.17) is 11.6 Å². The zero-order valence-corrected chi connectivity index (χ0v) is 12.4. The lowest BCUT2D eigenvalue weighted by molar-refractivity contribution is 0.0943. The highest BCUT2D eigenvalue weighted by molar-refractivity contribution is 6.31. The predicted octanol–water partition coefficient (Wildman–Crippen LogP) is 3.10. The van der Waals surface area contributed by atoms with Crippen molar-refractivity contribution in [2.24, 2.45) is 5.41 Å². The maximum Gasteiger partial charge on any atom is 0.171 e. The summed E-state index contributed by atoms with van der Waals surface area (Å²) in [6, 6.07) is 0. The molecule has 0 radical (unpaired) electrons. The molecule has 106 valence electrons. The number of anilines is 1. The summed E-state index contributed by atoms with van der Waals surface area (Å²) in [6.07, 6.45) is 5.77. The van der Waals surface area contributed by atoms with Gasteiger partial charge in [-0.05, 0) is 26.7 Å². The molecule has 1 aromatic heterocycles. The Kier molecular flexibility index (Phi) is 4.63. The molecule has 0 amide bonds. The number of hydrogen-bond donors (Lipinski definition) is 2. The van der Waals surface area contributed by atoms with Gasteiger partial charge in [0, 0.05) is 12.0 Å². The summed E-state index contributed by atoms with van der Waals surface area (Å²) in [5, 5.41) is 13.4. The van der Waals surface area contributed by atoms with Crippen molar-refractivity contribution < 1.29 is 5.11 Å². The average molecular weight is 284 g/mol. The molecule has 0 aliphatic heterocycles. The van der Waals surface area contributed by atoms with Gasteiger partial charge in [0.05, 0.1) is 18.0 Å². The Bertz CT molecular complexity index is 445. The van der Waals surface area contributed by atoms with Crippen LogP contribution in [-0.4, -0.2) is 28.2 Å². The summed E-state index contributed by atoms with van der Waals surface area (Å²) in [6.45, 7) is 4.75. The van der Waals surface area contributed by atoms with Crippen LogP contribution in [0.4, 0.5) is 5.82 Å². The fourth-order valence-electron chi connectivity index (χ4n) is 2.65. The maximum atomic E-state index is 9.68. The Morgan fingerprint density at radius 2 is 1.79 bits per heavy atom. The van der Waals surface area contributed by atoms with E-state index in [1.54, 1.807) is 0 Å². The van der Waals surface area contributed by atoms with Gasteiger partial charge in [-0.2, -0.15) is 0 Å². The molecule has 0 saturated heterocycles. The molecule has 0 aromatic carbocycles. The molecule has 0 atom stereocenters. The van der Waals surface area contributed by atoms with Crippen molar-refractivity contribution in [3.05, 3.63) is 16.5 Å². The van der Waals surface area contributed by atoms with Gasteiger partial charge in [-0.15, -0.1) is 0 Å². The standard InChI is InChI=1S/C14H22ClN3O/c1-10-11(2)18-13(12(15)17-10)16-8-14(9-19)6-4-3-5-7-14/h19H,3-9H2,1-2H3,(H,16,18). The van der Waals surface area contributed by atoms with E-state index >= 15 is 0 Å². The van der Waals surface area contributed by atoms with E-state index in [2.05, 4.69) is 15.3 Å². The molecule has 1 aromatic rings. The minimum absolute atomic E-state index is 0.0257. The zero-order valence-electron chi connectivity index (χ0n) is 11.7. The number of halogens is 1. The van der Waals surface area contributed by atoms with Gasteiger partial charge in [0.15, 0.2) is 11.0 Å². The van der Waals surface area contributed by atoms with E-state index in [1.807, 2.05) is 13.8 Å². The first-order valence-corrected chi connectivity index (χ1v) is 7.30. The molecule has 19 heavy (non-hydrogen) atoms. The van der Waals surface area contributed by atoms with Crippen molar-refractivity contribution >= 4 is 17.4 Å². The van der Waals surface area contributed by atoms with Gasteiger partial charge in [0.2, 0.25) is 0 Å². The molecular formula is C14H22ClN3O. The number of nitrogens with one attached hydrogen (secondary N) is 1. The first-order valence-electron chi connectivity index (χ1n) is 6.92. The lowest BCUT2D eigenvalue weighted by Crippen LogP contribution is -2.35. The van der Waals surface area contributed by atoms with Crippen LogP contribution in [-0.2, 0) is 0 Å². The van der Waals surface area contributed by atoms with Crippen molar-refractivity contribution in [3.8, 4) is 0 Å². The normalized spacial score (nSPS) is 18.3. The summed E-state index contributed by atoms with van der Waals surface area (Å²) in [7, 11) is 0. The monoisotopic (exact) mass is 283 g/mol. The summed E-state index contributed by atoms with van der Waals surface area (Å²) < 4.78 is 0. The van der Waals surface area contributed by atoms with E-state index in [9.17, 15) is 5.11 Å². The van der Waals surface area contributed by atoms with Gasteiger partial charge < -0.3 is 10.4 Å². The molecule has 2 rings (SSSR count). The summed E-state index contributed by atoms with van der Waals surface area (Å²) in [4.78, 5) is 8.70. The molecule has 1 saturated carbocycles. The number of aliphatic hydroxyl groups excluding tert-OH is 1. The van der Waals surface area contributed by atoms with Crippen LogP contribution in [0, 0.1) is 19.3 Å². The zero-order chi connectivity index (χ0) is 13.9. The molecule has 2 N–H and O–H groups in total. The number of rotatable bonds is 4. The molecule has 0 unspecified atom stereocenters. The Morgan fingerprint density at radius 1 is 1.16 bits per heavy atom. The molecule has 1 heterocycles. The quantitative estimate of drug-likeness (QED) is 0.891. The van der Waals surface area contributed by atoms with E-state index in [1.165, 1.54) is 19.3 Å². The fourth-order valence-corrected chi connectivity index (χ4v) is 2.89. The van der Waals surface area contributed by atoms with Crippen LogP contribution in [0.3, 0.4) is 0 Å². The highest BCUT2D eigenvalue weighted by atomic mass is 35.5. The van der Waals surface area contributed by atoms with E-state index in [-0.39, 0.29) is 12.0 Å². The number of aryl methyl sites for hydroxylation is 2. The number of aliphatic hydroxyl groups is 1. The van der Waals surface area contributed by atoms with Crippen molar-refractivity contribution in [3.63, 3.8) is 0 Å². The fraction of sp³-hybridized carbons (Fsp3) is 0.714. The van der Waals surface area contributed by atoms with Crippen molar-refractivity contribution in [1.82, 2.24) is 9.97 Å². The van der Waals surface area contributed by atoms with Gasteiger partial charge >= 0.3 is 0 Å². The Morgan fingerprint density at radius 3 is 2.42 bits per heavy atom. The van der Waals surface area contributed by atoms with Crippen LogP contribution < -0.4 is 5.32 Å². The number of nitrogens with zero attached hydrogens (tertiary/aromatic N) is 2. The lowest BCUT2D eigenvalue weighted by Gasteiger charge is -2.35.